The minimum Gasteiger partial charge on any atom is -0.398 e. The van der Waals surface area contributed by atoms with Crippen molar-refractivity contribution in [2.75, 3.05) is 23.8 Å². The Balaban J connectivity index is 2.16. The van der Waals surface area contributed by atoms with Gasteiger partial charge in [-0.1, -0.05) is 0 Å². The van der Waals surface area contributed by atoms with E-state index in [1.54, 1.807) is 0 Å². The van der Waals surface area contributed by atoms with Crippen LogP contribution in [0.5, 0.6) is 0 Å². The quantitative estimate of drug-likeness (QED) is 0.823. The normalized spacial score (nSPS) is 14.8. The second-order valence-corrected chi connectivity index (χ2v) is 5.19. The molecular weight excluding hydrogens is 238 g/mol. The number of nitrogens with zero attached hydrogens (tertiary/aromatic N) is 2. The highest BCUT2D eigenvalue weighted by Gasteiger charge is 2.29. The number of anilines is 2. The number of hydrogen-bond acceptors (Lipinski definition) is 4. The molecule has 1 saturated carbocycles. The molecular formula is C15H19N3O. The predicted octanol–water partition coefficient (Wildman–Crippen LogP) is 2.09. The summed E-state index contributed by atoms with van der Waals surface area (Å²) in [5.41, 5.74) is 8.93. The van der Waals surface area contributed by atoms with Crippen LogP contribution in [0.1, 0.15) is 18.5 Å². The lowest BCUT2D eigenvalue weighted by molar-refractivity contribution is 0.301. The summed E-state index contributed by atoms with van der Waals surface area (Å²) in [5, 5.41) is 11.4. The van der Waals surface area contributed by atoms with E-state index >= 15 is 0 Å². The maximum atomic E-state index is 9.28. The molecule has 1 aliphatic rings. The molecule has 4 heteroatoms. The zero-order valence-corrected chi connectivity index (χ0v) is 11.1. The first kappa shape index (κ1) is 12.2. The number of rotatable bonds is 4. The monoisotopic (exact) mass is 257 g/mol. The molecule has 4 nitrogen and oxygen atoms in total. The molecule has 1 aromatic carbocycles. The molecule has 0 bridgehead atoms. The van der Waals surface area contributed by atoms with E-state index in [-0.39, 0.29) is 6.61 Å². The van der Waals surface area contributed by atoms with E-state index in [2.05, 4.69) is 22.0 Å². The average molecular weight is 257 g/mol. The van der Waals surface area contributed by atoms with Crippen molar-refractivity contribution in [3.63, 3.8) is 0 Å². The van der Waals surface area contributed by atoms with Gasteiger partial charge in [0.15, 0.2) is 0 Å². The van der Waals surface area contributed by atoms with Crippen LogP contribution in [0.25, 0.3) is 10.8 Å². The molecule has 3 rings (SSSR count). The SMILES string of the molecule is Cc1cc2c(N(CCO)C3CC3)ccc(N)c2cn1. The molecule has 0 unspecified atom stereocenters. The second kappa shape index (κ2) is 4.70. The number of aryl methyl sites for hydroxylation is 1. The van der Waals surface area contributed by atoms with E-state index < -0.39 is 0 Å². The molecule has 100 valence electrons. The fourth-order valence-electron chi connectivity index (χ4n) is 2.59. The summed E-state index contributed by atoms with van der Waals surface area (Å²) < 4.78 is 0. The number of nitrogen functional groups attached to an aromatic ring is 1. The lowest BCUT2D eigenvalue weighted by Crippen LogP contribution is -2.29. The first-order valence-electron chi connectivity index (χ1n) is 6.73. The summed E-state index contributed by atoms with van der Waals surface area (Å²) in [7, 11) is 0. The van der Waals surface area contributed by atoms with Gasteiger partial charge in [-0.25, -0.2) is 0 Å². The number of aromatic nitrogens is 1. The third-order valence-corrected chi connectivity index (χ3v) is 3.69. The molecule has 1 fully saturated rings. The Labute approximate surface area is 112 Å². The zero-order valence-electron chi connectivity index (χ0n) is 11.1. The zero-order chi connectivity index (χ0) is 13.4. The standard InChI is InChI=1S/C15H19N3O/c1-10-8-12-13(9-17-10)14(16)4-5-15(12)18(6-7-19)11-2-3-11/h4-5,8-9,11,19H,2-3,6-7,16H2,1H3. The van der Waals surface area contributed by atoms with Crippen molar-refractivity contribution in [2.24, 2.45) is 0 Å². The summed E-state index contributed by atoms with van der Waals surface area (Å²) in [6.07, 6.45) is 4.25. The number of pyridine rings is 1. The molecule has 0 amide bonds. The van der Waals surface area contributed by atoms with Gasteiger partial charge in [0, 0.05) is 46.6 Å². The van der Waals surface area contributed by atoms with E-state index in [0.717, 1.165) is 27.8 Å². The number of fused-ring (bicyclic) bond motifs is 1. The molecule has 3 N–H and O–H groups in total. The van der Waals surface area contributed by atoms with Gasteiger partial charge in [0.1, 0.15) is 0 Å². The number of aliphatic hydroxyl groups excluding tert-OH is 1. The summed E-state index contributed by atoms with van der Waals surface area (Å²) in [5.74, 6) is 0. The van der Waals surface area contributed by atoms with Crippen LogP contribution < -0.4 is 10.6 Å². The van der Waals surface area contributed by atoms with Gasteiger partial charge in [-0.3, -0.25) is 4.98 Å². The van der Waals surface area contributed by atoms with Crippen molar-refractivity contribution in [3.05, 3.63) is 30.1 Å². The van der Waals surface area contributed by atoms with Gasteiger partial charge in [0.05, 0.1) is 6.61 Å². The lowest BCUT2D eigenvalue weighted by atomic mass is 10.1. The molecule has 19 heavy (non-hydrogen) atoms. The molecule has 0 spiro atoms. The van der Waals surface area contributed by atoms with Gasteiger partial charge >= 0.3 is 0 Å². The Morgan fingerprint density at radius 2 is 2.16 bits per heavy atom. The topological polar surface area (TPSA) is 62.4 Å². The van der Waals surface area contributed by atoms with E-state index in [4.69, 9.17) is 5.73 Å². The van der Waals surface area contributed by atoms with Crippen molar-refractivity contribution in [3.8, 4) is 0 Å². The number of hydrogen-bond donors (Lipinski definition) is 2. The largest absolute Gasteiger partial charge is 0.398 e. The number of nitrogens with two attached hydrogens (primary N) is 1. The summed E-state index contributed by atoms with van der Waals surface area (Å²) in [6.45, 7) is 2.83. The first-order chi connectivity index (χ1) is 9.20. The van der Waals surface area contributed by atoms with E-state index in [1.165, 1.54) is 12.8 Å². The molecule has 2 aromatic rings. The highest BCUT2D eigenvalue weighted by atomic mass is 16.3. The van der Waals surface area contributed by atoms with E-state index in [9.17, 15) is 5.11 Å². The van der Waals surface area contributed by atoms with Crippen molar-refractivity contribution in [1.29, 1.82) is 0 Å². The van der Waals surface area contributed by atoms with Gasteiger partial charge in [0.25, 0.3) is 0 Å². The van der Waals surface area contributed by atoms with Gasteiger partial charge in [-0.2, -0.15) is 0 Å². The van der Waals surface area contributed by atoms with E-state index in [0.29, 0.717) is 12.6 Å². The van der Waals surface area contributed by atoms with Gasteiger partial charge in [-0.15, -0.1) is 0 Å². The van der Waals surface area contributed by atoms with Crippen LogP contribution in [0.15, 0.2) is 24.4 Å². The smallest absolute Gasteiger partial charge is 0.0606 e. The molecule has 0 saturated heterocycles. The van der Waals surface area contributed by atoms with Crippen LogP contribution in [0.3, 0.4) is 0 Å². The Morgan fingerprint density at radius 3 is 2.84 bits per heavy atom. The highest BCUT2D eigenvalue weighted by Crippen LogP contribution is 2.37. The maximum absolute atomic E-state index is 9.28. The van der Waals surface area contributed by atoms with Crippen LogP contribution in [-0.4, -0.2) is 29.3 Å². The van der Waals surface area contributed by atoms with Crippen LogP contribution >= 0.6 is 0 Å². The molecule has 0 radical (unpaired) electrons. The Bertz CT molecular complexity index is 608. The number of aliphatic hydroxyl groups is 1. The Morgan fingerprint density at radius 1 is 1.37 bits per heavy atom. The second-order valence-electron chi connectivity index (χ2n) is 5.19. The fraction of sp³-hybridized carbons (Fsp3) is 0.400. The predicted molar refractivity (Wildman–Crippen MR) is 78.3 cm³/mol. The molecule has 0 aliphatic heterocycles. The minimum atomic E-state index is 0.173. The maximum Gasteiger partial charge on any atom is 0.0606 e. The molecule has 1 aliphatic carbocycles. The molecule has 0 atom stereocenters. The van der Waals surface area contributed by atoms with Crippen LogP contribution in [-0.2, 0) is 0 Å². The Hall–Kier alpha value is -1.81. The average Bonchev–Trinajstić information content (AvgIpc) is 3.21. The van der Waals surface area contributed by atoms with E-state index in [1.807, 2.05) is 19.2 Å². The third kappa shape index (κ3) is 2.24. The number of benzene rings is 1. The summed E-state index contributed by atoms with van der Waals surface area (Å²) in [4.78, 5) is 6.62. The first-order valence-corrected chi connectivity index (χ1v) is 6.73. The van der Waals surface area contributed by atoms with Gasteiger partial charge < -0.3 is 15.7 Å². The van der Waals surface area contributed by atoms with Crippen molar-refractivity contribution < 1.29 is 5.11 Å². The van der Waals surface area contributed by atoms with Gasteiger partial charge in [-0.05, 0) is 38.0 Å². The Kier molecular flexibility index (Phi) is 3.03. The molecule has 1 aromatic heterocycles. The summed E-state index contributed by atoms with van der Waals surface area (Å²) in [6, 6.07) is 6.63. The van der Waals surface area contributed by atoms with Crippen LogP contribution in [0.4, 0.5) is 11.4 Å². The van der Waals surface area contributed by atoms with Crippen molar-refractivity contribution >= 4 is 22.1 Å². The molecule has 1 heterocycles. The van der Waals surface area contributed by atoms with Crippen LogP contribution in [0, 0.1) is 6.92 Å². The van der Waals surface area contributed by atoms with Gasteiger partial charge in [0.2, 0.25) is 0 Å². The summed E-state index contributed by atoms with van der Waals surface area (Å²) >= 11 is 0. The lowest BCUT2D eigenvalue weighted by Gasteiger charge is -2.25. The third-order valence-electron chi connectivity index (χ3n) is 3.69. The highest BCUT2D eigenvalue weighted by molar-refractivity contribution is 6.01. The van der Waals surface area contributed by atoms with Crippen LogP contribution in [0.2, 0.25) is 0 Å². The fourth-order valence-corrected chi connectivity index (χ4v) is 2.59. The van der Waals surface area contributed by atoms with Crippen molar-refractivity contribution in [2.45, 2.75) is 25.8 Å². The minimum absolute atomic E-state index is 0.173. The van der Waals surface area contributed by atoms with Crippen molar-refractivity contribution in [1.82, 2.24) is 4.98 Å².